The van der Waals surface area contributed by atoms with Crippen molar-refractivity contribution in [3.8, 4) is 11.5 Å². The van der Waals surface area contributed by atoms with E-state index in [4.69, 9.17) is 19.2 Å². The molecule has 0 aromatic heterocycles. The fourth-order valence-corrected chi connectivity index (χ4v) is 11.6. The molecule has 2 amide bonds. The Morgan fingerprint density at radius 3 is 2.28 bits per heavy atom. The van der Waals surface area contributed by atoms with Crippen LogP contribution in [0, 0.1) is 42.4 Å². The summed E-state index contributed by atoms with van der Waals surface area (Å²) in [5, 5.41) is 41.7. The largest absolute Gasteiger partial charge is 0.507 e. The summed E-state index contributed by atoms with van der Waals surface area (Å²) in [5.74, 6) is -6.88. The zero-order valence-corrected chi connectivity index (χ0v) is 44.4. The number of hydrogen-bond acceptors (Lipinski definition) is 14. The average molecular weight is 1020 g/mol. The van der Waals surface area contributed by atoms with Crippen LogP contribution in [0.2, 0.25) is 0 Å². The van der Waals surface area contributed by atoms with Gasteiger partial charge in [-0.05, 0) is 68.9 Å². The number of aliphatic imine (C=N–C) groups is 1. The van der Waals surface area contributed by atoms with Gasteiger partial charge in [0.05, 0.1) is 41.0 Å². The minimum absolute atomic E-state index is 0.0210. The number of amides is 2. The number of aliphatic hydroxyl groups is 2. The van der Waals surface area contributed by atoms with Crippen LogP contribution in [0.15, 0.2) is 82.9 Å². The highest BCUT2D eigenvalue weighted by Gasteiger charge is 2.54. The third-order valence-electron chi connectivity index (χ3n) is 16.1. The van der Waals surface area contributed by atoms with E-state index in [1.54, 1.807) is 63.8 Å². The molecule has 1 aliphatic carbocycles. The van der Waals surface area contributed by atoms with Crippen LogP contribution in [-0.4, -0.2) is 123 Å². The molecule has 5 bridgehead atoms. The van der Waals surface area contributed by atoms with Gasteiger partial charge in [-0.1, -0.05) is 90.1 Å². The number of piperidine rings is 2. The molecule has 16 nitrogen and oxygen atoms in total. The number of nitrogens with zero attached hydrogens (tertiary/aromatic N) is 3. The number of fused-ring (bicyclic) bond motifs is 13. The lowest BCUT2D eigenvalue weighted by Gasteiger charge is -2.38. The van der Waals surface area contributed by atoms with Crippen LogP contribution >= 0.6 is 0 Å². The fourth-order valence-electron chi connectivity index (χ4n) is 11.6. The first-order chi connectivity index (χ1) is 35.1. The van der Waals surface area contributed by atoms with Crippen molar-refractivity contribution in [2.75, 3.05) is 32.7 Å². The van der Waals surface area contributed by atoms with Gasteiger partial charge in [0, 0.05) is 86.9 Å². The molecule has 8 atom stereocenters. The van der Waals surface area contributed by atoms with E-state index < -0.39 is 89.0 Å². The van der Waals surface area contributed by atoms with Crippen molar-refractivity contribution in [1.82, 2.24) is 20.4 Å². The number of Topliss-reactive ketones (excluding diaryl/α,β-unsaturated/α-hetero) is 2. The summed E-state index contributed by atoms with van der Waals surface area (Å²) >= 11 is 0. The van der Waals surface area contributed by atoms with Gasteiger partial charge in [0.2, 0.25) is 11.7 Å². The third-order valence-corrected chi connectivity index (χ3v) is 16.1. The summed E-state index contributed by atoms with van der Waals surface area (Å²) in [5.41, 5.74) is 1.05. The molecule has 1 spiro atoms. The molecule has 6 aliphatic heterocycles. The standard InChI is InChI=1S/C58H75N5O11/c1-32(2)31-62-26-22-58(23-27-62)60-46-43-44-51(68)38(8)54-45(43)55(70)57(9,74-54)72-28-14-17-34(4)53(73-42(65)30-41(64)63-24-20-40(21-25-63)29-39-18-11-10-12-19-39)37(7)50(67)36(6)49(66)33(3)15-13-16-35(5)56(71)59-48(52(44)69)47(46)61-58/h10-16,18-19,28,32-34,36-37,40,49-50,53,61,66-68H,17,20-27,29-31H2,1-9H3,(H,59,71)/b15-13+,28-14+,35-16-/t33-,34+,36+,37+,49-,50+,53+,57-/m0/s1. The van der Waals surface area contributed by atoms with Crippen LogP contribution in [0.3, 0.4) is 0 Å². The molecule has 0 saturated carbocycles. The van der Waals surface area contributed by atoms with Gasteiger partial charge in [-0.2, -0.15) is 0 Å². The summed E-state index contributed by atoms with van der Waals surface area (Å²) in [6, 6.07) is 10.3. The molecule has 2 aromatic carbocycles. The van der Waals surface area contributed by atoms with Crippen molar-refractivity contribution >= 4 is 35.1 Å². The van der Waals surface area contributed by atoms with Crippen LogP contribution in [0.5, 0.6) is 11.5 Å². The van der Waals surface area contributed by atoms with E-state index in [2.05, 4.69) is 41.5 Å². The lowest BCUT2D eigenvalue weighted by Crippen LogP contribution is -2.50. The van der Waals surface area contributed by atoms with Gasteiger partial charge in [-0.25, -0.2) is 0 Å². The molecular weight excluding hydrogens is 943 g/mol. The number of hydrogen-bond donors (Lipinski definition) is 5. The summed E-state index contributed by atoms with van der Waals surface area (Å²) in [4.78, 5) is 80.3. The maximum atomic E-state index is 14.8. The number of rotatable bonds is 7. The quantitative estimate of drug-likeness (QED) is 0.142. The van der Waals surface area contributed by atoms with E-state index >= 15 is 0 Å². The van der Waals surface area contributed by atoms with E-state index in [9.17, 15) is 39.3 Å². The van der Waals surface area contributed by atoms with Crippen molar-refractivity contribution in [3.63, 3.8) is 0 Å². The number of phenolic OH excluding ortho intramolecular Hbond substituents is 1. The number of benzene rings is 2. The van der Waals surface area contributed by atoms with Gasteiger partial charge in [0.1, 0.15) is 35.4 Å². The number of likely N-dealkylation sites (tertiary alicyclic amines) is 2. The number of esters is 1. The topological polar surface area (TPSA) is 217 Å². The summed E-state index contributed by atoms with van der Waals surface area (Å²) in [7, 11) is 0. The Balaban J connectivity index is 1.08. The molecule has 7 aliphatic rings. The van der Waals surface area contributed by atoms with E-state index in [0.29, 0.717) is 50.9 Å². The van der Waals surface area contributed by atoms with Gasteiger partial charge in [0.15, 0.2) is 0 Å². The maximum Gasteiger partial charge on any atom is 0.315 e. The Hall–Kier alpha value is -6.10. The predicted octanol–water partition coefficient (Wildman–Crippen LogP) is 6.84. The van der Waals surface area contributed by atoms with Gasteiger partial charge in [0.25, 0.3) is 11.7 Å². The second kappa shape index (κ2) is 22.0. The van der Waals surface area contributed by atoms with Crippen LogP contribution < -0.4 is 15.4 Å². The molecule has 74 heavy (non-hydrogen) atoms. The number of ketones is 2. The first-order valence-corrected chi connectivity index (χ1v) is 26.5. The third kappa shape index (κ3) is 11.0. The SMILES string of the molecule is C/C1=C/C=C/[C@H](C)[C@H](O)[C@@H](C)[C@@H](O)[C@@H](C)[C@H](OC(=O)CC(=O)N2CCC(Cc3ccccc3)CC2)[C@H](C)C/C=C/O[C@@]2(C)Oc3c(C)c(O)c4c(c3C2=O)C2=NC3(CCN(CC(C)C)CC3)NC2=C(NC1=O)C4=O. The Labute approximate surface area is 435 Å². The molecule has 398 valence electrons. The normalized spacial score (nSPS) is 30.4. The highest BCUT2D eigenvalue weighted by molar-refractivity contribution is 6.34. The van der Waals surface area contributed by atoms with Crippen LogP contribution in [-0.2, 0) is 30.3 Å². The Kier molecular flexibility index (Phi) is 16.1. The number of carbonyl (C=O) groups is 5. The Bertz CT molecular complexity index is 2670. The molecule has 2 aromatic rings. The van der Waals surface area contributed by atoms with E-state index in [0.717, 1.165) is 25.8 Å². The molecule has 0 radical (unpaired) electrons. The zero-order chi connectivity index (χ0) is 53.4. The maximum absolute atomic E-state index is 14.8. The van der Waals surface area contributed by atoms with Crippen molar-refractivity contribution < 1.29 is 53.5 Å². The van der Waals surface area contributed by atoms with Crippen molar-refractivity contribution in [2.45, 2.75) is 137 Å². The Morgan fingerprint density at radius 1 is 0.919 bits per heavy atom. The van der Waals surface area contributed by atoms with Gasteiger partial charge < -0.3 is 50.0 Å². The minimum atomic E-state index is -1.96. The number of phenols is 1. The minimum Gasteiger partial charge on any atom is -0.507 e. The van der Waals surface area contributed by atoms with E-state index in [1.807, 2.05) is 25.1 Å². The first kappa shape index (κ1) is 54.2. The molecule has 0 unspecified atom stereocenters. The number of nitrogens with one attached hydrogen (secondary N) is 2. The number of aromatic hydroxyl groups is 1. The second-order valence-corrected chi connectivity index (χ2v) is 22.3. The molecule has 2 saturated heterocycles. The first-order valence-electron chi connectivity index (χ1n) is 26.5. The van der Waals surface area contributed by atoms with Crippen molar-refractivity contribution in [1.29, 1.82) is 0 Å². The number of ether oxygens (including phenoxy) is 3. The predicted molar refractivity (Wildman–Crippen MR) is 279 cm³/mol. The Morgan fingerprint density at radius 2 is 1.61 bits per heavy atom. The van der Waals surface area contributed by atoms with Gasteiger partial charge >= 0.3 is 11.8 Å². The smallest absolute Gasteiger partial charge is 0.315 e. The summed E-state index contributed by atoms with van der Waals surface area (Å²) < 4.78 is 18.6. The molecule has 6 heterocycles. The summed E-state index contributed by atoms with van der Waals surface area (Å²) in [6.45, 7) is 19.4. The van der Waals surface area contributed by atoms with Gasteiger partial charge in [-0.3, -0.25) is 29.0 Å². The highest BCUT2D eigenvalue weighted by Crippen LogP contribution is 2.50. The fraction of sp³-hybridized carbons (Fsp3) is 0.552. The van der Waals surface area contributed by atoms with E-state index in [-0.39, 0.29) is 63.0 Å². The highest BCUT2D eigenvalue weighted by atomic mass is 16.7. The van der Waals surface area contributed by atoms with Crippen molar-refractivity contribution in [3.05, 3.63) is 106 Å². The van der Waals surface area contributed by atoms with Crippen molar-refractivity contribution in [2.24, 2.45) is 40.5 Å². The lowest BCUT2D eigenvalue weighted by molar-refractivity contribution is -0.162. The second-order valence-electron chi connectivity index (χ2n) is 22.3. The van der Waals surface area contributed by atoms with E-state index in [1.165, 1.54) is 18.7 Å². The average Bonchev–Trinajstić information content (AvgIpc) is 3.87. The summed E-state index contributed by atoms with van der Waals surface area (Å²) in [6.07, 6.45) is 8.16. The molecule has 5 N–H and O–H groups in total. The molecule has 16 heteroatoms. The number of allylic oxidation sites excluding steroid dienone is 5. The van der Waals surface area contributed by atoms with Gasteiger partial charge in [-0.15, -0.1) is 0 Å². The lowest BCUT2D eigenvalue weighted by atomic mass is 9.79. The number of aliphatic hydroxyl groups excluding tert-OH is 2. The van der Waals surface area contributed by atoms with Crippen LogP contribution in [0.25, 0.3) is 0 Å². The molecule has 2 fully saturated rings. The monoisotopic (exact) mass is 1020 g/mol. The zero-order valence-electron chi connectivity index (χ0n) is 44.4. The number of carbonyl (C=O) groups excluding carboxylic acids is 5. The van der Waals surface area contributed by atoms with Crippen LogP contribution in [0.4, 0.5) is 0 Å². The molecular formula is C58H75N5O11. The van der Waals surface area contributed by atoms with Crippen LogP contribution in [0.1, 0.15) is 131 Å². The molecule has 9 rings (SSSR count).